The van der Waals surface area contributed by atoms with Crippen LogP contribution in [0.5, 0.6) is 0 Å². The molecule has 0 fully saturated rings. The molecule has 0 saturated heterocycles. The molecule has 0 unspecified atom stereocenters. The Kier molecular flexibility index (Phi) is 4.61. The molecule has 0 bridgehead atoms. The number of hydrogen-bond acceptors (Lipinski definition) is 3. The predicted molar refractivity (Wildman–Crippen MR) is 80.5 cm³/mol. The monoisotopic (exact) mass is 302 g/mol. The molecule has 108 valence electrons. The van der Waals surface area contributed by atoms with Gasteiger partial charge in [0.25, 0.3) is 5.91 Å². The van der Waals surface area contributed by atoms with Crippen molar-refractivity contribution in [1.29, 1.82) is 5.26 Å². The lowest BCUT2D eigenvalue weighted by Crippen LogP contribution is -2.27. The summed E-state index contributed by atoms with van der Waals surface area (Å²) < 4.78 is 1.68. The maximum absolute atomic E-state index is 12.3. The number of rotatable bonds is 4. The van der Waals surface area contributed by atoms with E-state index in [4.69, 9.17) is 16.9 Å². The first-order valence-electron chi connectivity index (χ1n) is 6.47. The van der Waals surface area contributed by atoms with Crippen molar-refractivity contribution in [3.05, 3.63) is 46.7 Å². The Morgan fingerprint density at radius 2 is 2.29 bits per heavy atom. The van der Waals surface area contributed by atoms with Crippen molar-refractivity contribution in [3.63, 3.8) is 0 Å². The zero-order valence-electron chi connectivity index (χ0n) is 11.9. The summed E-state index contributed by atoms with van der Waals surface area (Å²) in [5.74, 6) is -0.143. The highest BCUT2D eigenvalue weighted by molar-refractivity contribution is 6.30. The average Bonchev–Trinajstić information content (AvgIpc) is 2.85. The van der Waals surface area contributed by atoms with Gasteiger partial charge >= 0.3 is 0 Å². The third-order valence-electron chi connectivity index (χ3n) is 3.20. The smallest absolute Gasteiger partial charge is 0.257 e. The van der Waals surface area contributed by atoms with Crippen molar-refractivity contribution in [3.8, 4) is 11.8 Å². The summed E-state index contributed by atoms with van der Waals surface area (Å²) in [5, 5.41) is 13.5. The van der Waals surface area contributed by atoms with Gasteiger partial charge in [0.15, 0.2) is 0 Å². The van der Waals surface area contributed by atoms with Crippen molar-refractivity contribution in [2.75, 3.05) is 13.6 Å². The summed E-state index contributed by atoms with van der Waals surface area (Å²) in [6.07, 6.45) is 1.85. The van der Waals surface area contributed by atoms with Crippen LogP contribution in [0, 0.1) is 18.3 Å². The van der Waals surface area contributed by atoms with E-state index in [9.17, 15) is 4.79 Å². The molecule has 1 aromatic heterocycles. The largest absolute Gasteiger partial charge is 0.341 e. The summed E-state index contributed by atoms with van der Waals surface area (Å²) in [4.78, 5) is 13.8. The predicted octanol–water partition coefficient (Wildman–Crippen LogP) is 2.82. The lowest BCUT2D eigenvalue weighted by Gasteiger charge is -2.15. The van der Waals surface area contributed by atoms with Gasteiger partial charge in [-0.2, -0.15) is 10.4 Å². The Bertz CT molecular complexity index is 702. The van der Waals surface area contributed by atoms with Gasteiger partial charge in [0.05, 0.1) is 35.6 Å². The number of carbonyl (C=O) groups is 1. The van der Waals surface area contributed by atoms with Gasteiger partial charge in [0.2, 0.25) is 0 Å². The van der Waals surface area contributed by atoms with Crippen molar-refractivity contribution in [1.82, 2.24) is 14.7 Å². The zero-order valence-corrected chi connectivity index (χ0v) is 12.6. The van der Waals surface area contributed by atoms with Gasteiger partial charge in [-0.3, -0.25) is 4.79 Å². The molecule has 2 aromatic rings. The van der Waals surface area contributed by atoms with Crippen LogP contribution >= 0.6 is 11.6 Å². The molecule has 0 saturated carbocycles. The molecule has 21 heavy (non-hydrogen) atoms. The minimum absolute atomic E-state index is 0.143. The Morgan fingerprint density at radius 3 is 2.95 bits per heavy atom. The number of carbonyl (C=O) groups excluding carboxylic acids is 1. The van der Waals surface area contributed by atoms with Crippen LogP contribution in [0.2, 0.25) is 5.02 Å². The zero-order chi connectivity index (χ0) is 15.4. The molecule has 0 aliphatic rings. The molecular formula is C15H15ClN4O. The van der Waals surface area contributed by atoms with E-state index in [1.165, 1.54) is 4.90 Å². The lowest BCUT2D eigenvalue weighted by atomic mass is 10.2. The van der Waals surface area contributed by atoms with Gasteiger partial charge in [-0.1, -0.05) is 17.7 Å². The Labute approximate surface area is 128 Å². The molecule has 2 rings (SSSR count). The van der Waals surface area contributed by atoms with Gasteiger partial charge < -0.3 is 4.90 Å². The van der Waals surface area contributed by atoms with Crippen molar-refractivity contribution < 1.29 is 4.79 Å². The van der Waals surface area contributed by atoms with Crippen LogP contribution in [0.4, 0.5) is 0 Å². The first-order valence-corrected chi connectivity index (χ1v) is 6.85. The van der Waals surface area contributed by atoms with E-state index in [0.717, 1.165) is 11.4 Å². The molecule has 0 aliphatic heterocycles. The van der Waals surface area contributed by atoms with Gasteiger partial charge in [-0.15, -0.1) is 0 Å². The van der Waals surface area contributed by atoms with Gasteiger partial charge in [-0.05, 0) is 25.1 Å². The summed E-state index contributed by atoms with van der Waals surface area (Å²) in [7, 11) is 1.68. The fourth-order valence-corrected chi connectivity index (χ4v) is 2.20. The molecule has 0 spiro atoms. The second kappa shape index (κ2) is 6.42. The number of aromatic nitrogens is 2. The van der Waals surface area contributed by atoms with Crippen LogP contribution in [-0.4, -0.2) is 34.2 Å². The molecule has 0 N–H and O–H groups in total. The van der Waals surface area contributed by atoms with Crippen molar-refractivity contribution in [2.45, 2.75) is 13.3 Å². The third-order valence-corrected chi connectivity index (χ3v) is 3.43. The van der Waals surface area contributed by atoms with E-state index in [1.807, 2.05) is 25.1 Å². The summed E-state index contributed by atoms with van der Waals surface area (Å²) in [6, 6.07) is 9.30. The van der Waals surface area contributed by atoms with E-state index in [2.05, 4.69) is 5.10 Å². The molecular weight excluding hydrogens is 288 g/mol. The normalized spacial score (nSPS) is 10.2. The molecule has 1 amide bonds. The standard InChI is InChI=1S/C15H15ClN4O/c1-11-14(15(21)19(2)8-4-7-17)10-18-20(11)13-6-3-5-12(16)9-13/h3,5-6,9-10H,4,8H2,1-2H3. The molecule has 5 nitrogen and oxygen atoms in total. The van der Waals surface area contributed by atoms with E-state index >= 15 is 0 Å². The summed E-state index contributed by atoms with van der Waals surface area (Å²) in [5.41, 5.74) is 2.07. The van der Waals surface area contributed by atoms with E-state index < -0.39 is 0 Å². The van der Waals surface area contributed by atoms with E-state index in [1.54, 1.807) is 30.1 Å². The number of nitrogens with zero attached hydrogens (tertiary/aromatic N) is 4. The highest BCUT2D eigenvalue weighted by Crippen LogP contribution is 2.18. The van der Waals surface area contributed by atoms with Crippen LogP contribution < -0.4 is 0 Å². The topological polar surface area (TPSA) is 61.9 Å². The molecule has 0 atom stereocenters. The quantitative estimate of drug-likeness (QED) is 0.872. The number of amides is 1. The van der Waals surface area contributed by atoms with Crippen LogP contribution in [0.25, 0.3) is 5.69 Å². The first kappa shape index (κ1) is 15.1. The highest BCUT2D eigenvalue weighted by Gasteiger charge is 2.18. The minimum Gasteiger partial charge on any atom is -0.341 e. The Balaban J connectivity index is 2.29. The second-order valence-electron chi connectivity index (χ2n) is 4.67. The second-order valence-corrected chi connectivity index (χ2v) is 5.11. The van der Waals surface area contributed by atoms with E-state index in [0.29, 0.717) is 23.6 Å². The van der Waals surface area contributed by atoms with Gasteiger partial charge in [0.1, 0.15) is 0 Å². The molecule has 1 aromatic carbocycles. The first-order chi connectivity index (χ1) is 10.0. The Hall–Kier alpha value is -2.32. The average molecular weight is 303 g/mol. The number of hydrogen-bond donors (Lipinski definition) is 0. The Morgan fingerprint density at radius 1 is 1.52 bits per heavy atom. The maximum Gasteiger partial charge on any atom is 0.257 e. The summed E-state index contributed by atoms with van der Waals surface area (Å²) >= 11 is 5.98. The van der Waals surface area contributed by atoms with Gasteiger partial charge in [0, 0.05) is 18.6 Å². The van der Waals surface area contributed by atoms with Crippen LogP contribution in [0.1, 0.15) is 22.5 Å². The van der Waals surface area contributed by atoms with Crippen molar-refractivity contribution >= 4 is 17.5 Å². The highest BCUT2D eigenvalue weighted by atomic mass is 35.5. The molecule has 0 aliphatic carbocycles. The molecule has 1 heterocycles. The fourth-order valence-electron chi connectivity index (χ4n) is 2.01. The number of benzene rings is 1. The molecule has 0 radical (unpaired) electrons. The van der Waals surface area contributed by atoms with Gasteiger partial charge in [-0.25, -0.2) is 4.68 Å². The van der Waals surface area contributed by atoms with Crippen molar-refractivity contribution in [2.24, 2.45) is 0 Å². The number of nitriles is 1. The fraction of sp³-hybridized carbons (Fsp3) is 0.267. The SMILES string of the molecule is Cc1c(C(=O)N(C)CCC#N)cnn1-c1cccc(Cl)c1. The van der Waals surface area contributed by atoms with Crippen LogP contribution in [0.15, 0.2) is 30.5 Å². The maximum atomic E-state index is 12.3. The van der Waals surface area contributed by atoms with Crippen LogP contribution in [-0.2, 0) is 0 Å². The number of halogens is 1. The van der Waals surface area contributed by atoms with E-state index in [-0.39, 0.29) is 5.91 Å². The van der Waals surface area contributed by atoms with Crippen LogP contribution in [0.3, 0.4) is 0 Å². The minimum atomic E-state index is -0.143. The third kappa shape index (κ3) is 3.23. The summed E-state index contributed by atoms with van der Waals surface area (Å²) in [6.45, 7) is 2.23. The lowest BCUT2D eigenvalue weighted by molar-refractivity contribution is 0.0797. The molecule has 6 heteroatoms.